The average molecular weight is 225 g/mol. The first-order valence-corrected chi connectivity index (χ1v) is 6.81. The molecule has 3 nitrogen and oxygen atoms in total. The molecule has 0 amide bonds. The molecule has 0 saturated carbocycles. The molecule has 0 bridgehead atoms. The Bertz CT molecular complexity index is 292. The fraction of sp³-hybridized carbons (Fsp3) is 0.727. The molecule has 2 rings (SSSR count). The summed E-state index contributed by atoms with van der Waals surface area (Å²) < 4.78 is 2.16. The molecule has 0 aromatic carbocycles. The molecule has 1 N–H and O–H groups in total. The van der Waals surface area contributed by atoms with Crippen LogP contribution >= 0.6 is 11.8 Å². The van der Waals surface area contributed by atoms with Gasteiger partial charge in [-0.25, -0.2) is 0 Å². The first-order chi connectivity index (χ1) is 7.40. The van der Waals surface area contributed by atoms with Crippen molar-refractivity contribution < 1.29 is 0 Å². The van der Waals surface area contributed by atoms with Crippen molar-refractivity contribution in [3.63, 3.8) is 0 Å². The van der Waals surface area contributed by atoms with Crippen LogP contribution in [0.5, 0.6) is 0 Å². The summed E-state index contributed by atoms with van der Waals surface area (Å²) in [5.41, 5.74) is 1.38. The molecule has 0 radical (unpaired) electrons. The first-order valence-electron chi connectivity index (χ1n) is 5.65. The molecule has 1 aromatic rings. The molecular weight excluding hydrogens is 206 g/mol. The molecule has 4 heteroatoms. The van der Waals surface area contributed by atoms with Gasteiger partial charge in [0.2, 0.25) is 0 Å². The minimum atomic E-state index is 0.646. The van der Waals surface area contributed by atoms with E-state index in [4.69, 9.17) is 0 Å². The van der Waals surface area contributed by atoms with Crippen LogP contribution in [0.25, 0.3) is 0 Å². The summed E-state index contributed by atoms with van der Waals surface area (Å²) in [6.07, 6.45) is 7.87. The summed E-state index contributed by atoms with van der Waals surface area (Å²) in [5.74, 6) is 2.53. The lowest BCUT2D eigenvalue weighted by Crippen LogP contribution is -2.08. The Morgan fingerprint density at radius 3 is 3.33 bits per heavy atom. The summed E-state index contributed by atoms with van der Waals surface area (Å²) in [6, 6.07) is 0.646. The van der Waals surface area contributed by atoms with E-state index in [1.54, 1.807) is 0 Å². The molecule has 1 aromatic heterocycles. The third kappa shape index (κ3) is 2.98. The highest BCUT2D eigenvalue weighted by Crippen LogP contribution is 2.27. The first kappa shape index (κ1) is 11.0. The van der Waals surface area contributed by atoms with Crippen LogP contribution in [0.15, 0.2) is 12.4 Å². The maximum absolute atomic E-state index is 4.46. The number of hydrogen-bond acceptors (Lipinski definition) is 3. The Morgan fingerprint density at radius 1 is 1.67 bits per heavy atom. The zero-order valence-corrected chi connectivity index (χ0v) is 10.1. The largest absolute Gasteiger partial charge is 0.320 e. The van der Waals surface area contributed by atoms with E-state index in [0.717, 1.165) is 13.0 Å². The van der Waals surface area contributed by atoms with E-state index < -0.39 is 0 Å². The van der Waals surface area contributed by atoms with Crippen molar-refractivity contribution in [1.82, 2.24) is 15.1 Å². The standard InChI is InChI=1S/C11H19N3S/c1-12-5-2-3-10-7-13-14(8-10)11-4-6-15-9-11/h7-8,11-12H,2-6,9H2,1H3. The number of nitrogens with one attached hydrogen (secondary N) is 1. The van der Waals surface area contributed by atoms with Crippen LogP contribution in [0.1, 0.15) is 24.4 Å². The number of thioether (sulfide) groups is 1. The average Bonchev–Trinajstić information content (AvgIpc) is 2.87. The van der Waals surface area contributed by atoms with Crippen molar-refractivity contribution in [3.05, 3.63) is 18.0 Å². The Morgan fingerprint density at radius 2 is 2.60 bits per heavy atom. The van der Waals surface area contributed by atoms with E-state index >= 15 is 0 Å². The van der Waals surface area contributed by atoms with Crippen LogP contribution in [0.3, 0.4) is 0 Å². The van der Waals surface area contributed by atoms with Gasteiger partial charge in [-0.05, 0) is 44.2 Å². The monoisotopic (exact) mass is 225 g/mol. The van der Waals surface area contributed by atoms with Crippen LogP contribution in [-0.2, 0) is 6.42 Å². The lowest BCUT2D eigenvalue weighted by molar-refractivity contribution is 0.501. The maximum atomic E-state index is 4.46. The van der Waals surface area contributed by atoms with E-state index in [-0.39, 0.29) is 0 Å². The molecule has 0 aliphatic carbocycles. The van der Waals surface area contributed by atoms with Crippen molar-refractivity contribution >= 4 is 11.8 Å². The maximum Gasteiger partial charge on any atom is 0.0617 e. The van der Waals surface area contributed by atoms with Crippen molar-refractivity contribution in [2.75, 3.05) is 25.1 Å². The zero-order chi connectivity index (χ0) is 10.5. The van der Waals surface area contributed by atoms with Gasteiger partial charge < -0.3 is 5.32 Å². The van der Waals surface area contributed by atoms with E-state index in [1.807, 2.05) is 25.0 Å². The lowest BCUT2D eigenvalue weighted by Gasteiger charge is -2.07. The molecule has 1 aliphatic rings. The number of rotatable bonds is 5. The van der Waals surface area contributed by atoms with Gasteiger partial charge in [0.05, 0.1) is 12.2 Å². The van der Waals surface area contributed by atoms with E-state index in [9.17, 15) is 0 Å². The fourth-order valence-corrected chi connectivity index (χ4v) is 3.10. The van der Waals surface area contributed by atoms with Gasteiger partial charge in [0.15, 0.2) is 0 Å². The van der Waals surface area contributed by atoms with Gasteiger partial charge in [0.1, 0.15) is 0 Å². The van der Waals surface area contributed by atoms with Crippen LogP contribution < -0.4 is 5.32 Å². The Balaban J connectivity index is 1.86. The van der Waals surface area contributed by atoms with Crippen molar-refractivity contribution in [3.8, 4) is 0 Å². The van der Waals surface area contributed by atoms with Gasteiger partial charge in [-0.15, -0.1) is 0 Å². The fourth-order valence-electron chi connectivity index (χ4n) is 1.91. The molecule has 1 unspecified atom stereocenters. The molecule has 1 fully saturated rings. The van der Waals surface area contributed by atoms with Gasteiger partial charge >= 0.3 is 0 Å². The second-order valence-corrected chi connectivity index (χ2v) is 5.20. The molecule has 1 saturated heterocycles. The third-order valence-corrected chi connectivity index (χ3v) is 3.97. The van der Waals surface area contributed by atoms with Gasteiger partial charge in [-0.1, -0.05) is 0 Å². The summed E-state index contributed by atoms with van der Waals surface area (Å²) in [6.45, 7) is 1.09. The van der Waals surface area contributed by atoms with E-state index in [1.165, 1.54) is 29.9 Å². The smallest absolute Gasteiger partial charge is 0.0617 e. The predicted octanol–water partition coefficient (Wildman–Crippen LogP) is 1.71. The van der Waals surface area contributed by atoms with Gasteiger partial charge in [-0.3, -0.25) is 4.68 Å². The summed E-state index contributed by atoms with van der Waals surface area (Å²) >= 11 is 2.04. The van der Waals surface area contributed by atoms with Gasteiger partial charge in [0, 0.05) is 11.9 Å². The number of aromatic nitrogens is 2. The van der Waals surface area contributed by atoms with E-state index in [2.05, 4.69) is 21.3 Å². The van der Waals surface area contributed by atoms with Gasteiger partial charge in [-0.2, -0.15) is 16.9 Å². The molecule has 1 atom stereocenters. The minimum absolute atomic E-state index is 0.646. The highest BCUT2D eigenvalue weighted by Gasteiger charge is 2.17. The van der Waals surface area contributed by atoms with Crippen LogP contribution in [0, 0.1) is 0 Å². The summed E-state index contributed by atoms with van der Waals surface area (Å²) in [5, 5.41) is 7.63. The molecule has 15 heavy (non-hydrogen) atoms. The predicted molar refractivity (Wildman–Crippen MR) is 65.5 cm³/mol. The van der Waals surface area contributed by atoms with Crippen molar-refractivity contribution in [1.29, 1.82) is 0 Å². The Kier molecular flexibility index (Phi) is 4.09. The summed E-state index contributed by atoms with van der Waals surface area (Å²) in [7, 11) is 2.00. The minimum Gasteiger partial charge on any atom is -0.320 e. The Hall–Kier alpha value is -0.480. The second-order valence-electron chi connectivity index (χ2n) is 4.05. The van der Waals surface area contributed by atoms with Crippen molar-refractivity contribution in [2.45, 2.75) is 25.3 Å². The van der Waals surface area contributed by atoms with Crippen molar-refractivity contribution in [2.24, 2.45) is 0 Å². The summed E-state index contributed by atoms with van der Waals surface area (Å²) in [4.78, 5) is 0. The van der Waals surface area contributed by atoms with Crippen LogP contribution in [-0.4, -0.2) is 34.9 Å². The molecule has 1 aliphatic heterocycles. The quantitative estimate of drug-likeness (QED) is 0.774. The number of aryl methyl sites for hydroxylation is 1. The number of nitrogens with zero attached hydrogens (tertiary/aromatic N) is 2. The zero-order valence-electron chi connectivity index (χ0n) is 9.28. The number of hydrogen-bond donors (Lipinski definition) is 1. The second kappa shape index (κ2) is 5.56. The highest BCUT2D eigenvalue weighted by atomic mass is 32.2. The van der Waals surface area contributed by atoms with Gasteiger partial charge in [0.25, 0.3) is 0 Å². The normalized spacial score (nSPS) is 21.0. The topological polar surface area (TPSA) is 29.9 Å². The van der Waals surface area contributed by atoms with Crippen LogP contribution in [0.2, 0.25) is 0 Å². The third-order valence-electron chi connectivity index (χ3n) is 2.83. The molecular formula is C11H19N3S. The molecule has 84 valence electrons. The molecule has 0 spiro atoms. The molecule has 2 heterocycles. The lowest BCUT2D eigenvalue weighted by atomic mass is 10.2. The SMILES string of the molecule is CNCCCc1cnn(C2CCSC2)c1. The Labute approximate surface area is 95.6 Å². The van der Waals surface area contributed by atoms with Crippen LogP contribution in [0.4, 0.5) is 0 Å². The van der Waals surface area contributed by atoms with E-state index in [0.29, 0.717) is 6.04 Å². The highest BCUT2D eigenvalue weighted by molar-refractivity contribution is 7.99.